The lowest BCUT2D eigenvalue weighted by Crippen LogP contribution is -2.37. The summed E-state index contributed by atoms with van der Waals surface area (Å²) in [6, 6.07) is 6.01. The fraction of sp³-hybridized carbons (Fsp3) is 0.167. The number of carbonyl (C=O) groups excluding carboxylic acids is 2. The maximum absolute atomic E-state index is 12.0. The lowest BCUT2D eigenvalue weighted by molar-refractivity contribution is 0.0766. The molecule has 0 unspecified atom stereocenters. The van der Waals surface area contributed by atoms with E-state index in [0.29, 0.717) is 4.31 Å². The molecule has 1 heterocycles. The van der Waals surface area contributed by atoms with Crippen LogP contribution in [-0.2, 0) is 10.0 Å². The van der Waals surface area contributed by atoms with Gasteiger partial charge in [0.1, 0.15) is 0 Å². The van der Waals surface area contributed by atoms with Crippen molar-refractivity contribution in [3.63, 3.8) is 0 Å². The summed E-state index contributed by atoms with van der Waals surface area (Å²) in [7, 11) is -4.01. The predicted octanol–water partition coefficient (Wildman–Crippen LogP) is 1.41. The number of alkyl halides is 1. The van der Waals surface area contributed by atoms with Crippen molar-refractivity contribution in [3.8, 4) is 0 Å². The molecule has 2 rings (SSSR count). The van der Waals surface area contributed by atoms with Gasteiger partial charge in [0.05, 0.1) is 16.9 Å². The van der Waals surface area contributed by atoms with Gasteiger partial charge in [0.25, 0.3) is 11.8 Å². The molecule has 7 heteroatoms. The minimum Gasteiger partial charge on any atom is -0.267 e. The number of hydrogen-bond donors (Lipinski definition) is 0. The number of rotatable bonds is 4. The third kappa shape index (κ3) is 2.41. The zero-order valence-electron chi connectivity index (χ0n) is 9.74. The van der Waals surface area contributed by atoms with Crippen molar-refractivity contribution in [2.24, 2.45) is 0 Å². The molecule has 19 heavy (non-hydrogen) atoms. The Morgan fingerprint density at radius 2 is 1.58 bits per heavy atom. The minimum absolute atomic E-state index is 0.109. The van der Waals surface area contributed by atoms with Crippen molar-refractivity contribution in [2.45, 2.75) is 0 Å². The number of carbonyl (C=O) groups is 2. The third-order valence-corrected chi connectivity index (χ3v) is 4.28. The maximum atomic E-state index is 12.0. The van der Waals surface area contributed by atoms with Crippen molar-refractivity contribution in [2.75, 3.05) is 11.6 Å². The van der Waals surface area contributed by atoms with Gasteiger partial charge in [0.15, 0.2) is 0 Å². The number of amides is 2. The van der Waals surface area contributed by atoms with Crippen molar-refractivity contribution >= 4 is 33.4 Å². The molecule has 0 atom stereocenters. The molecule has 0 saturated carbocycles. The Morgan fingerprint density at radius 3 is 2.05 bits per heavy atom. The summed E-state index contributed by atoms with van der Waals surface area (Å²) in [5, 5.41) is 0. The van der Waals surface area contributed by atoms with E-state index in [4.69, 9.17) is 11.6 Å². The SMILES string of the molecule is O=C1c2ccccc2C(=O)N1S(=O)(=O)C/C=C/CCl. The second-order valence-electron chi connectivity index (χ2n) is 3.82. The lowest BCUT2D eigenvalue weighted by atomic mass is 10.1. The number of fused-ring (bicyclic) bond motifs is 1. The molecule has 0 aliphatic carbocycles. The molecular formula is C12H10ClNO4S. The Kier molecular flexibility index (Phi) is 3.73. The molecule has 0 aromatic heterocycles. The molecule has 1 aromatic carbocycles. The van der Waals surface area contributed by atoms with Crippen LogP contribution >= 0.6 is 11.6 Å². The summed E-state index contributed by atoms with van der Waals surface area (Å²) in [4.78, 5) is 23.9. The van der Waals surface area contributed by atoms with Crippen molar-refractivity contribution in [1.82, 2.24) is 4.31 Å². The average molecular weight is 300 g/mol. The Hall–Kier alpha value is -1.66. The first-order valence-electron chi connectivity index (χ1n) is 5.40. The minimum atomic E-state index is -4.01. The predicted molar refractivity (Wildman–Crippen MR) is 70.6 cm³/mol. The molecule has 1 aliphatic rings. The van der Waals surface area contributed by atoms with Crippen LogP contribution in [0.1, 0.15) is 20.7 Å². The Balaban J connectivity index is 2.37. The molecule has 1 aromatic rings. The molecular weight excluding hydrogens is 290 g/mol. The first kappa shape index (κ1) is 13.8. The summed E-state index contributed by atoms with van der Waals surface area (Å²) < 4.78 is 24.3. The van der Waals surface area contributed by atoms with Crippen LogP contribution in [-0.4, -0.2) is 36.2 Å². The van der Waals surface area contributed by atoms with Crippen LogP contribution in [0.2, 0.25) is 0 Å². The van der Waals surface area contributed by atoms with E-state index < -0.39 is 27.6 Å². The van der Waals surface area contributed by atoms with Gasteiger partial charge >= 0.3 is 0 Å². The third-order valence-electron chi connectivity index (χ3n) is 2.60. The van der Waals surface area contributed by atoms with Crippen LogP contribution in [0.5, 0.6) is 0 Å². The second-order valence-corrected chi connectivity index (χ2v) is 6.00. The fourth-order valence-electron chi connectivity index (χ4n) is 1.75. The summed E-state index contributed by atoms with van der Waals surface area (Å²) in [6.07, 6.45) is 2.75. The number of imide groups is 1. The topological polar surface area (TPSA) is 71.5 Å². The molecule has 100 valence electrons. The van der Waals surface area contributed by atoms with E-state index in [-0.39, 0.29) is 17.0 Å². The molecule has 0 spiro atoms. The zero-order valence-corrected chi connectivity index (χ0v) is 11.3. The van der Waals surface area contributed by atoms with Gasteiger partial charge in [-0.15, -0.1) is 11.6 Å². The van der Waals surface area contributed by atoms with Gasteiger partial charge in [0.2, 0.25) is 10.0 Å². The van der Waals surface area contributed by atoms with Crippen LogP contribution in [0.4, 0.5) is 0 Å². The molecule has 2 amide bonds. The average Bonchev–Trinajstić information content (AvgIpc) is 2.63. The number of hydrogen-bond acceptors (Lipinski definition) is 4. The lowest BCUT2D eigenvalue weighted by Gasteiger charge is -2.12. The Morgan fingerprint density at radius 1 is 1.05 bits per heavy atom. The van der Waals surface area contributed by atoms with Crippen LogP contribution in [0.25, 0.3) is 0 Å². The van der Waals surface area contributed by atoms with Crippen LogP contribution in [0, 0.1) is 0 Å². The van der Waals surface area contributed by atoms with Gasteiger partial charge in [-0.25, -0.2) is 8.42 Å². The fourth-order valence-corrected chi connectivity index (χ4v) is 3.10. The number of nitrogens with zero attached hydrogens (tertiary/aromatic N) is 1. The van der Waals surface area contributed by atoms with Gasteiger partial charge < -0.3 is 0 Å². The number of sulfonamides is 1. The van der Waals surface area contributed by atoms with E-state index in [0.717, 1.165) is 0 Å². The molecule has 0 bridgehead atoms. The highest BCUT2D eigenvalue weighted by Crippen LogP contribution is 2.25. The molecule has 1 aliphatic heterocycles. The van der Waals surface area contributed by atoms with Gasteiger partial charge in [-0.05, 0) is 12.1 Å². The first-order chi connectivity index (χ1) is 8.99. The van der Waals surface area contributed by atoms with Gasteiger partial charge in [-0.2, -0.15) is 4.31 Å². The highest BCUT2D eigenvalue weighted by molar-refractivity contribution is 7.90. The molecule has 0 fully saturated rings. The van der Waals surface area contributed by atoms with Crippen molar-refractivity contribution < 1.29 is 18.0 Å². The van der Waals surface area contributed by atoms with Crippen LogP contribution in [0.3, 0.4) is 0 Å². The Labute approximate surface area is 115 Å². The normalized spacial score (nSPS) is 15.3. The molecule has 5 nitrogen and oxygen atoms in total. The zero-order chi connectivity index (χ0) is 14.0. The van der Waals surface area contributed by atoms with E-state index in [1.807, 2.05) is 0 Å². The highest BCUT2D eigenvalue weighted by Gasteiger charge is 2.42. The monoisotopic (exact) mass is 299 g/mol. The quantitative estimate of drug-likeness (QED) is 0.479. The Bertz CT molecular complexity index is 631. The van der Waals surface area contributed by atoms with E-state index in [1.54, 1.807) is 12.1 Å². The van der Waals surface area contributed by atoms with Crippen molar-refractivity contribution in [3.05, 3.63) is 47.5 Å². The smallest absolute Gasteiger partial charge is 0.267 e. The van der Waals surface area contributed by atoms with E-state index >= 15 is 0 Å². The van der Waals surface area contributed by atoms with Crippen molar-refractivity contribution in [1.29, 1.82) is 0 Å². The standard InChI is InChI=1S/C12H10ClNO4S/c13-7-3-4-8-19(17,18)14-11(15)9-5-1-2-6-10(9)12(14)16/h1-6H,7-8H2/b4-3+. The largest absolute Gasteiger partial charge is 0.275 e. The van der Waals surface area contributed by atoms with Gasteiger partial charge in [-0.3, -0.25) is 9.59 Å². The molecule has 0 N–H and O–H groups in total. The summed E-state index contributed by atoms with van der Waals surface area (Å²) in [5.41, 5.74) is 0.217. The van der Waals surface area contributed by atoms with E-state index in [1.165, 1.54) is 24.3 Å². The summed E-state index contributed by atoms with van der Waals surface area (Å²) in [5.74, 6) is -1.89. The van der Waals surface area contributed by atoms with Crippen LogP contribution < -0.4 is 0 Å². The van der Waals surface area contributed by atoms with E-state index in [2.05, 4.69) is 0 Å². The number of benzene rings is 1. The summed E-state index contributed by atoms with van der Waals surface area (Å²) >= 11 is 5.39. The second kappa shape index (κ2) is 5.14. The number of allylic oxidation sites excluding steroid dienone is 1. The van der Waals surface area contributed by atoms with E-state index in [9.17, 15) is 18.0 Å². The number of halogens is 1. The van der Waals surface area contributed by atoms with Gasteiger partial charge in [-0.1, -0.05) is 24.3 Å². The maximum Gasteiger partial charge on any atom is 0.275 e. The first-order valence-corrected chi connectivity index (χ1v) is 7.55. The molecule has 0 radical (unpaired) electrons. The highest BCUT2D eigenvalue weighted by atomic mass is 35.5. The summed E-state index contributed by atoms with van der Waals surface area (Å²) in [6.45, 7) is 0. The van der Waals surface area contributed by atoms with Gasteiger partial charge in [0, 0.05) is 5.88 Å². The van der Waals surface area contributed by atoms with Crippen LogP contribution in [0.15, 0.2) is 36.4 Å². The molecule has 0 saturated heterocycles.